The number of Topliss-reactive ketones (excluding diaryl/α,β-unsaturated/α-hetero) is 1. The molecule has 0 bridgehead atoms. The molecule has 1 fully saturated rings. The van der Waals surface area contributed by atoms with E-state index in [-0.39, 0.29) is 18.6 Å². The van der Waals surface area contributed by atoms with Gasteiger partial charge in [0.15, 0.2) is 0 Å². The average Bonchev–Trinajstić information content (AvgIpc) is 2.86. The number of aliphatic hydroxyl groups excluding tert-OH is 2. The van der Waals surface area contributed by atoms with Gasteiger partial charge in [-0.15, -0.1) is 0 Å². The number of aliphatic carboxylic acids is 1. The van der Waals surface area contributed by atoms with Crippen LogP contribution in [-0.4, -0.2) is 39.3 Å². The van der Waals surface area contributed by atoms with Crippen molar-refractivity contribution in [2.45, 2.75) is 64.1 Å². The Balaban J connectivity index is 2.61. The Bertz CT molecular complexity index is 552. The van der Waals surface area contributed by atoms with E-state index in [1.54, 1.807) is 0 Å². The van der Waals surface area contributed by atoms with Crippen molar-refractivity contribution in [2.75, 3.05) is 0 Å². The third-order valence-corrected chi connectivity index (χ3v) is 4.48. The fourth-order valence-corrected chi connectivity index (χ4v) is 2.99. The number of carbonyl (C=O) groups excluding carboxylic acids is 1. The Morgan fingerprint density at radius 2 is 2.08 bits per heavy atom. The lowest BCUT2D eigenvalue weighted by Gasteiger charge is -2.16. The van der Waals surface area contributed by atoms with Crippen molar-refractivity contribution < 1.29 is 29.3 Å². The van der Waals surface area contributed by atoms with Crippen molar-refractivity contribution in [3.05, 3.63) is 36.2 Å². The number of allylic oxidation sites excluding steroid dienone is 3. The number of ketones is 1. The molecule has 3 N–H and O–H groups in total. The van der Waals surface area contributed by atoms with Crippen LogP contribution in [0.25, 0.3) is 0 Å². The van der Waals surface area contributed by atoms with E-state index in [1.807, 2.05) is 19.1 Å². The smallest absolute Gasteiger partial charge is 0.303 e. The summed E-state index contributed by atoms with van der Waals surface area (Å²) in [7, 11) is 0. The van der Waals surface area contributed by atoms with E-state index in [0.29, 0.717) is 25.7 Å². The van der Waals surface area contributed by atoms with Crippen LogP contribution in [0.15, 0.2) is 36.2 Å². The molecule has 0 spiro atoms. The lowest BCUT2D eigenvalue weighted by atomic mass is 9.90. The fourth-order valence-electron chi connectivity index (χ4n) is 2.99. The highest BCUT2D eigenvalue weighted by molar-refractivity contribution is 5.84. The highest BCUT2D eigenvalue weighted by Crippen LogP contribution is 2.33. The second-order valence-corrected chi connectivity index (χ2v) is 6.62. The van der Waals surface area contributed by atoms with Gasteiger partial charge in [0.25, 0.3) is 0 Å². The lowest BCUT2D eigenvalue weighted by Crippen LogP contribution is -2.19. The number of aliphatic hydroxyl groups is 2. The van der Waals surface area contributed by atoms with Gasteiger partial charge < -0.3 is 15.3 Å². The molecule has 0 amide bonds. The highest BCUT2D eigenvalue weighted by atomic mass is 19.1. The largest absolute Gasteiger partial charge is 0.481 e. The standard InChI is InChI=1S/C20H29FO5/c1-2-3-9-16(21)17(22)12-11-15-14(18(23)13-19(15)24)8-6-4-5-7-10-20(25)26/h4,6,9,11-12,14-15,17,19,22,24H,2-3,5,7-8,10,13H2,1H3,(H,25,26)/b6-4-,12-11+,16-9-/t14-,15-,17-,19-/m1/s1. The molecule has 0 aromatic rings. The number of halogens is 1. The van der Waals surface area contributed by atoms with Gasteiger partial charge in [0.05, 0.1) is 6.10 Å². The maximum absolute atomic E-state index is 13.7. The second-order valence-electron chi connectivity index (χ2n) is 6.62. The third kappa shape index (κ3) is 7.62. The zero-order valence-corrected chi connectivity index (χ0v) is 15.2. The van der Waals surface area contributed by atoms with Crippen LogP contribution in [0.2, 0.25) is 0 Å². The van der Waals surface area contributed by atoms with E-state index < -0.39 is 35.8 Å². The molecule has 5 nitrogen and oxygen atoms in total. The predicted octanol–water partition coefficient (Wildman–Crippen LogP) is 3.32. The zero-order valence-electron chi connectivity index (χ0n) is 15.2. The first-order valence-corrected chi connectivity index (χ1v) is 9.16. The monoisotopic (exact) mass is 368 g/mol. The number of rotatable bonds is 11. The van der Waals surface area contributed by atoms with E-state index in [4.69, 9.17) is 5.11 Å². The maximum atomic E-state index is 13.7. The van der Waals surface area contributed by atoms with Crippen molar-refractivity contribution in [1.29, 1.82) is 0 Å². The zero-order chi connectivity index (χ0) is 19.5. The first kappa shape index (κ1) is 22.3. The third-order valence-electron chi connectivity index (χ3n) is 4.48. The highest BCUT2D eigenvalue weighted by Gasteiger charge is 2.39. The molecule has 1 aliphatic rings. The first-order valence-electron chi connectivity index (χ1n) is 9.16. The summed E-state index contributed by atoms with van der Waals surface area (Å²) in [5, 5.41) is 28.5. The van der Waals surface area contributed by atoms with E-state index in [1.165, 1.54) is 18.2 Å². The van der Waals surface area contributed by atoms with Crippen LogP contribution in [0.5, 0.6) is 0 Å². The Kier molecular flexibility index (Phi) is 10.1. The number of hydrogen-bond donors (Lipinski definition) is 3. The Morgan fingerprint density at radius 1 is 1.35 bits per heavy atom. The molecule has 0 radical (unpaired) electrons. The van der Waals surface area contributed by atoms with Gasteiger partial charge in [-0.1, -0.05) is 37.6 Å². The van der Waals surface area contributed by atoms with E-state index in [2.05, 4.69) is 0 Å². The Morgan fingerprint density at radius 3 is 2.73 bits per heavy atom. The van der Waals surface area contributed by atoms with Crippen LogP contribution in [0.1, 0.15) is 51.9 Å². The summed E-state index contributed by atoms with van der Waals surface area (Å²) in [6.45, 7) is 1.91. The molecule has 146 valence electrons. The van der Waals surface area contributed by atoms with Gasteiger partial charge in [0.2, 0.25) is 0 Å². The molecule has 4 atom stereocenters. The van der Waals surface area contributed by atoms with Crippen LogP contribution >= 0.6 is 0 Å². The van der Waals surface area contributed by atoms with Crippen molar-refractivity contribution in [2.24, 2.45) is 11.8 Å². The van der Waals surface area contributed by atoms with Crippen LogP contribution in [0, 0.1) is 11.8 Å². The normalized spacial score (nSPS) is 25.5. The van der Waals surface area contributed by atoms with E-state index in [0.717, 1.165) is 6.42 Å². The summed E-state index contributed by atoms with van der Waals surface area (Å²) < 4.78 is 13.7. The van der Waals surface area contributed by atoms with Gasteiger partial charge in [0, 0.05) is 24.7 Å². The van der Waals surface area contributed by atoms with E-state index in [9.17, 15) is 24.2 Å². The average molecular weight is 368 g/mol. The molecular formula is C20H29FO5. The molecule has 0 aliphatic heterocycles. The van der Waals surface area contributed by atoms with Gasteiger partial charge in [0.1, 0.15) is 17.7 Å². The number of carbonyl (C=O) groups is 2. The van der Waals surface area contributed by atoms with Gasteiger partial charge in [-0.3, -0.25) is 9.59 Å². The lowest BCUT2D eigenvalue weighted by molar-refractivity contribution is -0.137. The fraction of sp³-hybridized carbons (Fsp3) is 0.600. The quantitative estimate of drug-likeness (QED) is 0.384. The van der Waals surface area contributed by atoms with Crippen LogP contribution in [-0.2, 0) is 9.59 Å². The molecule has 26 heavy (non-hydrogen) atoms. The predicted molar refractivity (Wildman–Crippen MR) is 97.1 cm³/mol. The summed E-state index contributed by atoms with van der Waals surface area (Å²) in [6, 6.07) is 0. The van der Waals surface area contributed by atoms with E-state index >= 15 is 0 Å². The van der Waals surface area contributed by atoms with Gasteiger partial charge in [-0.25, -0.2) is 4.39 Å². The molecule has 0 heterocycles. The second kappa shape index (κ2) is 11.8. The van der Waals surface area contributed by atoms with Crippen LogP contribution in [0.4, 0.5) is 4.39 Å². The molecule has 0 saturated heterocycles. The number of hydrogen-bond acceptors (Lipinski definition) is 4. The molecule has 0 aromatic carbocycles. The Labute approximate surface area is 153 Å². The van der Waals surface area contributed by atoms with Gasteiger partial charge in [-0.2, -0.15) is 0 Å². The van der Waals surface area contributed by atoms with Gasteiger partial charge in [-0.05, 0) is 31.8 Å². The Hall–Kier alpha value is -1.79. The van der Waals surface area contributed by atoms with Crippen molar-refractivity contribution >= 4 is 11.8 Å². The summed E-state index contributed by atoms with van der Waals surface area (Å²) in [4.78, 5) is 22.5. The molecule has 1 rings (SSSR count). The molecule has 0 aromatic heterocycles. The van der Waals surface area contributed by atoms with Crippen LogP contribution < -0.4 is 0 Å². The molecule has 6 heteroatoms. The number of carboxylic acid groups (broad SMARTS) is 1. The summed E-state index contributed by atoms with van der Waals surface area (Å²) in [5.41, 5.74) is 0. The minimum atomic E-state index is -1.36. The molecule has 0 unspecified atom stereocenters. The summed E-state index contributed by atoms with van der Waals surface area (Å²) >= 11 is 0. The minimum absolute atomic E-state index is 0.0524. The molecular weight excluding hydrogens is 339 g/mol. The van der Waals surface area contributed by atoms with Gasteiger partial charge >= 0.3 is 5.97 Å². The van der Waals surface area contributed by atoms with Crippen molar-refractivity contribution in [3.63, 3.8) is 0 Å². The molecule has 1 aliphatic carbocycles. The first-order chi connectivity index (χ1) is 12.4. The van der Waals surface area contributed by atoms with Crippen molar-refractivity contribution in [3.8, 4) is 0 Å². The SMILES string of the molecule is CCC/C=C(\F)[C@H](O)/C=C/[C@H]1[C@H](O)CC(=O)[C@@H]1C/C=C\CCCC(=O)O. The summed E-state index contributed by atoms with van der Waals surface area (Å²) in [6.07, 6.45) is 8.67. The number of unbranched alkanes of at least 4 members (excludes halogenated alkanes) is 2. The topological polar surface area (TPSA) is 94.8 Å². The maximum Gasteiger partial charge on any atom is 0.303 e. The van der Waals surface area contributed by atoms with Crippen LogP contribution in [0.3, 0.4) is 0 Å². The molecule has 1 saturated carbocycles. The number of carboxylic acids is 1. The summed E-state index contributed by atoms with van der Waals surface area (Å²) in [5.74, 6) is -2.39. The minimum Gasteiger partial charge on any atom is -0.481 e. The van der Waals surface area contributed by atoms with Crippen molar-refractivity contribution in [1.82, 2.24) is 0 Å².